The van der Waals surface area contributed by atoms with Gasteiger partial charge in [-0.2, -0.15) is 4.31 Å². The molecule has 24 heavy (non-hydrogen) atoms. The first kappa shape index (κ1) is 16.9. The Kier molecular flexibility index (Phi) is 4.37. The van der Waals surface area contributed by atoms with Crippen molar-refractivity contribution in [2.24, 2.45) is 0 Å². The standard InChI is InChI=1S/C15H16ClN3O4S/c1-9-14(10(2)23-18-9)24(21,22)19-8-7-17-15(20)13(19)11-3-5-12(16)6-4-11/h3-6,13H,7-8H2,1-2H3,(H,17,20). The van der Waals surface area contributed by atoms with Gasteiger partial charge in [-0.1, -0.05) is 28.9 Å². The van der Waals surface area contributed by atoms with Crippen LogP contribution in [0.5, 0.6) is 0 Å². The molecule has 9 heteroatoms. The first-order chi connectivity index (χ1) is 11.3. The highest BCUT2D eigenvalue weighted by molar-refractivity contribution is 7.89. The summed E-state index contributed by atoms with van der Waals surface area (Å²) in [5.41, 5.74) is 0.820. The van der Waals surface area contributed by atoms with E-state index in [1.165, 1.54) is 11.2 Å². The monoisotopic (exact) mass is 369 g/mol. The molecule has 0 saturated carbocycles. The minimum atomic E-state index is -3.94. The fraction of sp³-hybridized carbons (Fsp3) is 0.333. The van der Waals surface area contributed by atoms with Crippen LogP contribution in [0.4, 0.5) is 0 Å². The number of nitrogens with one attached hydrogen (secondary N) is 1. The third-order valence-electron chi connectivity index (χ3n) is 3.89. The molecule has 1 amide bonds. The van der Waals surface area contributed by atoms with E-state index in [-0.39, 0.29) is 35.3 Å². The van der Waals surface area contributed by atoms with Gasteiger partial charge < -0.3 is 9.84 Å². The third-order valence-corrected chi connectivity index (χ3v) is 6.25. The van der Waals surface area contributed by atoms with Gasteiger partial charge in [-0.25, -0.2) is 8.42 Å². The molecule has 128 valence electrons. The smallest absolute Gasteiger partial charge is 0.249 e. The van der Waals surface area contributed by atoms with Gasteiger partial charge in [-0.3, -0.25) is 4.79 Å². The van der Waals surface area contributed by atoms with Crippen molar-refractivity contribution in [1.29, 1.82) is 0 Å². The topological polar surface area (TPSA) is 92.5 Å². The van der Waals surface area contributed by atoms with Crippen LogP contribution in [0.1, 0.15) is 23.1 Å². The summed E-state index contributed by atoms with van der Waals surface area (Å²) in [6, 6.07) is 5.58. The highest BCUT2D eigenvalue weighted by Gasteiger charge is 2.41. The quantitative estimate of drug-likeness (QED) is 0.890. The van der Waals surface area contributed by atoms with E-state index in [0.29, 0.717) is 10.6 Å². The number of benzene rings is 1. The van der Waals surface area contributed by atoms with Crippen molar-refractivity contribution in [2.45, 2.75) is 24.8 Å². The van der Waals surface area contributed by atoms with Gasteiger partial charge in [0.25, 0.3) is 0 Å². The highest BCUT2D eigenvalue weighted by Crippen LogP contribution is 2.32. The van der Waals surface area contributed by atoms with Crippen molar-refractivity contribution >= 4 is 27.5 Å². The summed E-state index contributed by atoms with van der Waals surface area (Å²) in [6.45, 7) is 3.50. The average Bonchev–Trinajstić information content (AvgIpc) is 2.87. The lowest BCUT2D eigenvalue weighted by Gasteiger charge is -2.34. The lowest BCUT2D eigenvalue weighted by atomic mass is 10.1. The first-order valence-corrected chi connectivity index (χ1v) is 9.12. The molecule has 2 heterocycles. The Hall–Kier alpha value is -1.90. The van der Waals surface area contributed by atoms with Gasteiger partial charge in [0.15, 0.2) is 5.76 Å². The van der Waals surface area contributed by atoms with E-state index in [2.05, 4.69) is 10.5 Å². The summed E-state index contributed by atoms with van der Waals surface area (Å²) in [5.74, 6) is -0.174. The minimum Gasteiger partial charge on any atom is -0.360 e. The lowest BCUT2D eigenvalue weighted by molar-refractivity contribution is -0.126. The van der Waals surface area contributed by atoms with Crippen molar-refractivity contribution < 1.29 is 17.7 Å². The summed E-state index contributed by atoms with van der Waals surface area (Å²) in [7, 11) is -3.94. The number of sulfonamides is 1. The van der Waals surface area contributed by atoms with Crippen LogP contribution in [0.3, 0.4) is 0 Å². The van der Waals surface area contributed by atoms with Crippen molar-refractivity contribution in [3.63, 3.8) is 0 Å². The molecule has 3 rings (SSSR count). The molecule has 1 aliphatic rings. The Morgan fingerprint density at radius 3 is 2.54 bits per heavy atom. The molecule has 2 aromatic rings. The van der Waals surface area contributed by atoms with Crippen molar-refractivity contribution in [2.75, 3.05) is 13.1 Å². The van der Waals surface area contributed by atoms with Gasteiger partial charge in [0.05, 0.1) is 0 Å². The van der Waals surface area contributed by atoms with Crippen LogP contribution in [0.15, 0.2) is 33.7 Å². The Balaban J connectivity index is 2.10. The molecule has 0 spiro atoms. The molecular weight excluding hydrogens is 354 g/mol. The number of hydrogen-bond donors (Lipinski definition) is 1. The summed E-state index contributed by atoms with van der Waals surface area (Å²) in [5, 5.41) is 6.92. The van der Waals surface area contributed by atoms with Crippen LogP contribution < -0.4 is 5.32 Å². The third kappa shape index (κ3) is 2.81. The van der Waals surface area contributed by atoms with E-state index in [4.69, 9.17) is 16.1 Å². The fourth-order valence-electron chi connectivity index (χ4n) is 2.83. The van der Waals surface area contributed by atoms with Crippen LogP contribution in [0.2, 0.25) is 5.02 Å². The molecule has 7 nitrogen and oxygen atoms in total. The Labute approximate surface area is 144 Å². The zero-order chi connectivity index (χ0) is 17.5. The number of nitrogens with zero attached hydrogens (tertiary/aromatic N) is 2. The average molecular weight is 370 g/mol. The van der Waals surface area contributed by atoms with E-state index in [1.54, 1.807) is 31.2 Å². The van der Waals surface area contributed by atoms with Gasteiger partial charge in [0.2, 0.25) is 15.9 Å². The van der Waals surface area contributed by atoms with E-state index in [0.717, 1.165) is 0 Å². The first-order valence-electron chi connectivity index (χ1n) is 7.30. The molecule has 1 fully saturated rings. The fourth-order valence-corrected chi connectivity index (χ4v) is 4.83. The van der Waals surface area contributed by atoms with Crippen LogP contribution in [0.25, 0.3) is 0 Å². The van der Waals surface area contributed by atoms with Crippen LogP contribution >= 0.6 is 11.6 Å². The number of halogens is 1. The van der Waals surface area contributed by atoms with Gasteiger partial charge in [-0.15, -0.1) is 0 Å². The van der Waals surface area contributed by atoms with E-state index in [9.17, 15) is 13.2 Å². The summed E-state index contributed by atoms with van der Waals surface area (Å²) >= 11 is 5.88. The maximum Gasteiger partial charge on any atom is 0.249 e. The molecule has 1 aromatic carbocycles. The van der Waals surface area contributed by atoms with Crippen LogP contribution in [-0.4, -0.2) is 36.9 Å². The lowest BCUT2D eigenvalue weighted by Crippen LogP contribution is -2.52. The normalized spacial score (nSPS) is 19.3. The number of aromatic nitrogens is 1. The second-order valence-electron chi connectivity index (χ2n) is 5.51. The van der Waals surface area contributed by atoms with Gasteiger partial charge in [-0.05, 0) is 31.5 Å². The SMILES string of the molecule is Cc1noc(C)c1S(=O)(=O)N1CCNC(=O)C1c1ccc(Cl)cc1. The molecule has 1 unspecified atom stereocenters. The molecule has 0 bridgehead atoms. The van der Waals surface area contributed by atoms with Crippen molar-refractivity contribution in [1.82, 2.24) is 14.8 Å². The molecular formula is C15H16ClN3O4S. The largest absolute Gasteiger partial charge is 0.360 e. The molecule has 0 radical (unpaired) electrons. The van der Waals surface area contributed by atoms with Crippen molar-refractivity contribution in [3.05, 3.63) is 46.3 Å². The van der Waals surface area contributed by atoms with E-state index in [1.807, 2.05) is 0 Å². The number of carbonyl (C=O) groups excluding carboxylic acids is 1. The Bertz CT molecular complexity index is 857. The molecule has 1 aromatic heterocycles. The maximum atomic E-state index is 13.1. The number of rotatable bonds is 3. The predicted molar refractivity (Wildman–Crippen MR) is 87.1 cm³/mol. The van der Waals surface area contributed by atoms with Gasteiger partial charge >= 0.3 is 0 Å². The molecule has 1 N–H and O–H groups in total. The number of aryl methyl sites for hydroxylation is 2. The maximum absolute atomic E-state index is 13.1. The second kappa shape index (κ2) is 6.19. The molecule has 1 saturated heterocycles. The highest BCUT2D eigenvalue weighted by atomic mass is 35.5. The molecule has 0 aliphatic carbocycles. The molecule has 1 aliphatic heterocycles. The Morgan fingerprint density at radius 2 is 1.96 bits per heavy atom. The summed E-state index contributed by atoms with van der Waals surface area (Å²) < 4.78 is 32.4. The summed E-state index contributed by atoms with van der Waals surface area (Å²) in [4.78, 5) is 12.4. The number of piperazine rings is 1. The Morgan fingerprint density at radius 1 is 1.29 bits per heavy atom. The van der Waals surface area contributed by atoms with E-state index >= 15 is 0 Å². The van der Waals surface area contributed by atoms with Crippen LogP contribution in [-0.2, 0) is 14.8 Å². The zero-order valence-electron chi connectivity index (χ0n) is 13.1. The number of carbonyl (C=O) groups is 1. The predicted octanol–water partition coefficient (Wildman–Crippen LogP) is 1.81. The van der Waals surface area contributed by atoms with Crippen molar-refractivity contribution in [3.8, 4) is 0 Å². The number of hydrogen-bond acceptors (Lipinski definition) is 5. The molecule has 1 atom stereocenters. The van der Waals surface area contributed by atoms with Gasteiger partial charge in [0.1, 0.15) is 16.6 Å². The second-order valence-corrected chi connectivity index (χ2v) is 7.78. The minimum absolute atomic E-state index is 0.0103. The van der Waals surface area contributed by atoms with Crippen LogP contribution in [0, 0.1) is 13.8 Å². The van der Waals surface area contributed by atoms with Gasteiger partial charge in [0, 0.05) is 18.1 Å². The number of amides is 1. The zero-order valence-corrected chi connectivity index (χ0v) is 14.7. The summed E-state index contributed by atoms with van der Waals surface area (Å²) in [6.07, 6.45) is 0. The van der Waals surface area contributed by atoms with E-state index < -0.39 is 16.1 Å².